The van der Waals surface area contributed by atoms with Crippen LogP contribution in [-0.2, 0) is 4.79 Å². The van der Waals surface area contributed by atoms with Crippen LogP contribution in [0.1, 0.15) is 5.56 Å². The highest BCUT2D eigenvalue weighted by Gasteiger charge is 2.34. The smallest absolute Gasteiger partial charge is 0.268 e. The Kier molecular flexibility index (Phi) is 4.49. The van der Waals surface area contributed by atoms with Crippen molar-refractivity contribution in [2.45, 2.75) is 0 Å². The SMILES string of the molecule is O=C1C(=Cc2ccncc2)SC(=S)N1c1ccc(Cl)cc1Cl. The van der Waals surface area contributed by atoms with Crippen molar-refractivity contribution in [2.24, 2.45) is 0 Å². The fraction of sp³-hybridized carbons (Fsp3) is 0. The molecule has 7 heteroatoms. The second kappa shape index (κ2) is 6.38. The molecule has 1 saturated heterocycles. The number of nitrogens with zero attached hydrogens (tertiary/aromatic N) is 2. The van der Waals surface area contributed by atoms with Gasteiger partial charge in [0.05, 0.1) is 15.6 Å². The number of anilines is 1. The number of amides is 1. The van der Waals surface area contributed by atoms with E-state index in [1.54, 1.807) is 36.7 Å². The van der Waals surface area contributed by atoms with E-state index in [1.807, 2.05) is 12.1 Å². The number of pyridine rings is 1. The van der Waals surface area contributed by atoms with Gasteiger partial charge in [0, 0.05) is 17.4 Å². The summed E-state index contributed by atoms with van der Waals surface area (Å²) < 4.78 is 0.439. The minimum atomic E-state index is -0.198. The van der Waals surface area contributed by atoms with E-state index in [4.69, 9.17) is 35.4 Å². The number of thioether (sulfide) groups is 1. The molecule has 3 nitrogen and oxygen atoms in total. The van der Waals surface area contributed by atoms with Crippen LogP contribution in [0.5, 0.6) is 0 Å². The Bertz CT molecular complexity index is 793. The van der Waals surface area contributed by atoms with Crippen LogP contribution in [0.3, 0.4) is 0 Å². The van der Waals surface area contributed by atoms with Gasteiger partial charge in [-0.05, 0) is 42.0 Å². The lowest BCUT2D eigenvalue weighted by atomic mass is 10.2. The Morgan fingerprint density at radius 1 is 1.18 bits per heavy atom. The third-order valence-electron chi connectivity index (χ3n) is 2.95. The van der Waals surface area contributed by atoms with Gasteiger partial charge >= 0.3 is 0 Å². The third kappa shape index (κ3) is 3.03. The first-order valence-corrected chi connectivity index (χ1v) is 8.17. The summed E-state index contributed by atoms with van der Waals surface area (Å²) in [6, 6.07) is 8.59. The van der Waals surface area contributed by atoms with Crippen LogP contribution in [-0.4, -0.2) is 15.2 Å². The molecule has 1 aromatic heterocycles. The van der Waals surface area contributed by atoms with E-state index in [1.165, 1.54) is 16.7 Å². The monoisotopic (exact) mass is 366 g/mol. The fourth-order valence-corrected chi connectivity index (χ4v) is 3.73. The van der Waals surface area contributed by atoms with Crippen LogP contribution >= 0.6 is 47.2 Å². The van der Waals surface area contributed by atoms with E-state index < -0.39 is 0 Å². The van der Waals surface area contributed by atoms with E-state index in [2.05, 4.69) is 4.98 Å². The topological polar surface area (TPSA) is 33.2 Å². The number of aromatic nitrogens is 1. The molecule has 0 N–H and O–H groups in total. The number of hydrogen-bond donors (Lipinski definition) is 0. The molecule has 1 aliphatic rings. The number of halogens is 2. The second-order valence-corrected chi connectivity index (χ2v) is 6.91. The largest absolute Gasteiger partial charge is 0.270 e. The molecule has 0 saturated carbocycles. The molecule has 1 aliphatic heterocycles. The van der Waals surface area contributed by atoms with Crippen LogP contribution in [0.15, 0.2) is 47.6 Å². The predicted molar refractivity (Wildman–Crippen MR) is 96.4 cm³/mol. The minimum absolute atomic E-state index is 0.198. The van der Waals surface area contributed by atoms with Gasteiger partial charge in [-0.15, -0.1) is 0 Å². The van der Waals surface area contributed by atoms with Crippen LogP contribution < -0.4 is 4.90 Å². The van der Waals surface area contributed by atoms with Crippen LogP contribution in [0.25, 0.3) is 6.08 Å². The lowest BCUT2D eigenvalue weighted by Crippen LogP contribution is -2.27. The summed E-state index contributed by atoms with van der Waals surface area (Å²) in [7, 11) is 0. The lowest BCUT2D eigenvalue weighted by molar-refractivity contribution is -0.113. The van der Waals surface area contributed by atoms with Gasteiger partial charge < -0.3 is 0 Å². The average Bonchev–Trinajstić information content (AvgIpc) is 2.75. The number of carbonyl (C=O) groups is 1. The van der Waals surface area contributed by atoms with Crippen molar-refractivity contribution in [3.05, 3.63) is 63.2 Å². The van der Waals surface area contributed by atoms with Crippen LogP contribution in [0.2, 0.25) is 10.0 Å². The number of hydrogen-bond acceptors (Lipinski definition) is 4. The van der Waals surface area contributed by atoms with Crippen molar-refractivity contribution in [1.82, 2.24) is 4.98 Å². The maximum Gasteiger partial charge on any atom is 0.270 e. The Labute approximate surface area is 146 Å². The molecule has 2 aromatic rings. The number of benzene rings is 1. The van der Waals surface area contributed by atoms with Gasteiger partial charge in [0.25, 0.3) is 5.91 Å². The van der Waals surface area contributed by atoms with E-state index in [0.717, 1.165) is 5.56 Å². The zero-order valence-corrected chi connectivity index (χ0v) is 14.1. The Balaban J connectivity index is 1.97. The molecule has 0 radical (unpaired) electrons. The number of thiocarbonyl (C=S) groups is 1. The van der Waals surface area contributed by atoms with E-state index >= 15 is 0 Å². The maximum atomic E-state index is 12.6. The van der Waals surface area contributed by atoms with Gasteiger partial charge in [-0.3, -0.25) is 14.7 Å². The molecule has 3 rings (SSSR count). The van der Waals surface area contributed by atoms with E-state index in [9.17, 15) is 4.79 Å². The van der Waals surface area contributed by atoms with Crippen molar-refractivity contribution in [3.8, 4) is 0 Å². The van der Waals surface area contributed by atoms with Gasteiger partial charge in [0.2, 0.25) is 0 Å². The first-order valence-electron chi connectivity index (χ1n) is 6.19. The molecule has 1 fully saturated rings. The van der Waals surface area contributed by atoms with Crippen molar-refractivity contribution in [3.63, 3.8) is 0 Å². The van der Waals surface area contributed by atoms with E-state index in [-0.39, 0.29) is 5.91 Å². The van der Waals surface area contributed by atoms with Crippen molar-refractivity contribution in [2.75, 3.05) is 4.90 Å². The molecule has 0 atom stereocenters. The Morgan fingerprint density at radius 3 is 2.59 bits per heavy atom. The van der Waals surface area contributed by atoms with Crippen molar-refractivity contribution >= 4 is 69.2 Å². The number of rotatable bonds is 2. The fourth-order valence-electron chi connectivity index (χ4n) is 1.95. The summed E-state index contributed by atoms with van der Waals surface area (Å²) in [6.07, 6.45) is 5.12. The molecular formula is C15H8Cl2N2OS2. The lowest BCUT2D eigenvalue weighted by Gasteiger charge is -2.16. The molecule has 2 heterocycles. The molecule has 0 unspecified atom stereocenters. The summed E-state index contributed by atoms with van der Waals surface area (Å²) in [5.41, 5.74) is 1.42. The first-order chi connectivity index (χ1) is 10.6. The molecule has 22 heavy (non-hydrogen) atoms. The summed E-state index contributed by atoms with van der Waals surface area (Å²) >= 11 is 18.6. The van der Waals surface area contributed by atoms with Crippen LogP contribution in [0.4, 0.5) is 5.69 Å². The standard InChI is InChI=1S/C15H8Cl2N2OS2/c16-10-1-2-12(11(17)8-10)19-14(20)13(22-15(19)21)7-9-3-5-18-6-4-9/h1-8H. The van der Waals surface area contributed by atoms with Gasteiger partial charge in [-0.1, -0.05) is 47.2 Å². The van der Waals surface area contributed by atoms with Gasteiger partial charge in [-0.25, -0.2) is 0 Å². The molecule has 0 spiro atoms. The van der Waals surface area contributed by atoms with Gasteiger partial charge in [-0.2, -0.15) is 0 Å². The molecular weight excluding hydrogens is 359 g/mol. The van der Waals surface area contributed by atoms with Crippen molar-refractivity contribution < 1.29 is 4.79 Å². The summed E-state index contributed by atoms with van der Waals surface area (Å²) in [5.74, 6) is -0.198. The van der Waals surface area contributed by atoms with Gasteiger partial charge in [0.15, 0.2) is 4.32 Å². The third-order valence-corrected chi connectivity index (χ3v) is 4.79. The predicted octanol–water partition coefficient (Wildman–Crippen LogP) is 4.79. The van der Waals surface area contributed by atoms with Gasteiger partial charge in [0.1, 0.15) is 0 Å². The zero-order valence-electron chi connectivity index (χ0n) is 11.0. The molecule has 1 amide bonds. The highest BCUT2D eigenvalue weighted by atomic mass is 35.5. The quantitative estimate of drug-likeness (QED) is 0.564. The van der Waals surface area contributed by atoms with Crippen LogP contribution in [0, 0.1) is 0 Å². The summed E-state index contributed by atoms with van der Waals surface area (Å²) in [4.78, 5) is 18.5. The Hall–Kier alpha value is -1.40. The highest BCUT2D eigenvalue weighted by molar-refractivity contribution is 8.27. The number of carbonyl (C=O) groups excluding carboxylic acids is 1. The normalized spacial score (nSPS) is 16.6. The minimum Gasteiger partial charge on any atom is -0.268 e. The molecule has 110 valence electrons. The second-order valence-electron chi connectivity index (χ2n) is 4.39. The summed E-state index contributed by atoms with van der Waals surface area (Å²) in [6.45, 7) is 0. The highest BCUT2D eigenvalue weighted by Crippen LogP contribution is 2.39. The Morgan fingerprint density at radius 2 is 1.91 bits per heavy atom. The zero-order chi connectivity index (χ0) is 15.7. The molecule has 0 bridgehead atoms. The van der Waals surface area contributed by atoms with E-state index in [0.29, 0.717) is 25.0 Å². The maximum absolute atomic E-state index is 12.6. The van der Waals surface area contributed by atoms with Crippen molar-refractivity contribution in [1.29, 1.82) is 0 Å². The summed E-state index contributed by atoms with van der Waals surface area (Å²) in [5, 5.41) is 0.889. The average molecular weight is 367 g/mol. The first kappa shape index (κ1) is 15.5. The molecule has 0 aliphatic carbocycles. The molecule has 1 aromatic carbocycles.